The Morgan fingerprint density at radius 1 is 0.897 bits per heavy atom. The van der Waals surface area contributed by atoms with Gasteiger partial charge in [0.15, 0.2) is 0 Å². The smallest absolute Gasteiger partial charge is 0.250 e. The van der Waals surface area contributed by atoms with Gasteiger partial charge in [0, 0.05) is 23.9 Å². The number of hydrogen-bond acceptors (Lipinski definition) is 4. The standard InChI is InChI=1S/C23H23N3O3/c24-23(28)20-11-4-5-12-21(20)25-16-22(27)26-18-9-6-10-19(15-18)29-14-13-17-7-2-1-3-8-17/h1-12,15,25H,13-14,16H2,(H2,24,28)(H,26,27). The van der Waals surface area contributed by atoms with Gasteiger partial charge in [0.1, 0.15) is 5.75 Å². The first-order valence-corrected chi connectivity index (χ1v) is 9.31. The van der Waals surface area contributed by atoms with Gasteiger partial charge in [-0.25, -0.2) is 0 Å². The van der Waals surface area contributed by atoms with Crippen molar-refractivity contribution >= 4 is 23.2 Å². The van der Waals surface area contributed by atoms with Crippen LogP contribution >= 0.6 is 0 Å². The summed E-state index contributed by atoms with van der Waals surface area (Å²) in [5.74, 6) is -0.106. The Kier molecular flexibility index (Phi) is 6.84. The fraction of sp³-hybridized carbons (Fsp3) is 0.130. The number of benzene rings is 3. The van der Waals surface area contributed by atoms with E-state index in [1.807, 2.05) is 30.3 Å². The molecule has 0 aliphatic carbocycles. The number of rotatable bonds is 9. The molecule has 0 heterocycles. The number of carbonyl (C=O) groups is 2. The monoisotopic (exact) mass is 389 g/mol. The number of anilines is 2. The molecule has 0 saturated heterocycles. The summed E-state index contributed by atoms with van der Waals surface area (Å²) in [4.78, 5) is 23.7. The van der Waals surface area contributed by atoms with E-state index in [4.69, 9.17) is 10.5 Å². The van der Waals surface area contributed by atoms with E-state index in [1.54, 1.807) is 36.4 Å². The molecule has 148 valence electrons. The average molecular weight is 389 g/mol. The van der Waals surface area contributed by atoms with Gasteiger partial charge >= 0.3 is 0 Å². The van der Waals surface area contributed by atoms with E-state index in [9.17, 15) is 9.59 Å². The molecule has 0 bridgehead atoms. The molecule has 0 unspecified atom stereocenters. The summed E-state index contributed by atoms with van der Waals surface area (Å²) >= 11 is 0. The molecule has 0 aliphatic rings. The fourth-order valence-electron chi connectivity index (χ4n) is 2.83. The molecule has 2 amide bonds. The zero-order chi connectivity index (χ0) is 20.5. The molecule has 3 rings (SSSR count). The van der Waals surface area contributed by atoms with Crippen molar-refractivity contribution < 1.29 is 14.3 Å². The number of hydrogen-bond donors (Lipinski definition) is 3. The van der Waals surface area contributed by atoms with Crippen molar-refractivity contribution in [3.8, 4) is 5.75 Å². The first-order chi connectivity index (χ1) is 14.1. The zero-order valence-corrected chi connectivity index (χ0v) is 15.9. The molecule has 6 nitrogen and oxygen atoms in total. The van der Waals surface area contributed by atoms with E-state index in [2.05, 4.69) is 22.8 Å². The molecular weight excluding hydrogens is 366 g/mol. The summed E-state index contributed by atoms with van der Waals surface area (Å²) in [6.07, 6.45) is 0.806. The molecule has 3 aromatic carbocycles. The minimum Gasteiger partial charge on any atom is -0.493 e. The number of nitrogens with two attached hydrogens (primary N) is 1. The number of ether oxygens (including phenoxy) is 1. The second-order valence-corrected chi connectivity index (χ2v) is 6.42. The molecule has 0 atom stereocenters. The van der Waals surface area contributed by atoms with Gasteiger partial charge in [0.25, 0.3) is 5.91 Å². The van der Waals surface area contributed by atoms with Gasteiger partial charge in [-0.05, 0) is 29.8 Å². The van der Waals surface area contributed by atoms with E-state index in [0.29, 0.717) is 29.3 Å². The van der Waals surface area contributed by atoms with Crippen LogP contribution < -0.4 is 21.1 Å². The van der Waals surface area contributed by atoms with E-state index in [0.717, 1.165) is 6.42 Å². The Hall–Kier alpha value is -3.80. The highest BCUT2D eigenvalue weighted by Gasteiger charge is 2.09. The molecule has 6 heteroatoms. The summed E-state index contributed by atoms with van der Waals surface area (Å²) in [5.41, 5.74) is 8.05. The van der Waals surface area contributed by atoms with Gasteiger partial charge in [-0.1, -0.05) is 48.5 Å². The third kappa shape index (κ3) is 6.10. The number of amides is 2. The van der Waals surface area contributed by atoms with Gasteiger partial charge in [-0.2, -0.15) is 0 Å². The van der Waals surface area contributed by atoms with Gasteiger partial charge in [0.05, 0.1) is 18.7 Å². The lowest BCUT2D eigenvalue weighted by Crippen LogP contribution is -2.23. The molecule has 3 aromatic rings. The molecule has 0 aliphatic heterocycles. The van der Waals surface area contributed by atoms with Crippen LogP contribution in [0, 0.1) is 0 Å². The van der Waals surface area contributed by atoms with Crippen LogP contribution in [0.15, 0.2) is 78.9 Å². The largest absolute Gasteiger partial charge is 0.493 e. The number of para-hydroxylation sites is 1. The summed E-state index contributed by atoms with van der Waals surface area (Å²) in [6.45, 7) is 0.552. The highest BCUT2D eigenvalue weighted by molar-refractivity contribution is 6.00. The Morgan fingerprint density at radius 2 is 1.66 bits per heavy atom. The Bertz CT molecular complexity index is 974. The number of primary amides is 1. The van der Waals surface area contributed by atoms with Gasteiger partial charge < -0.3 is 21.1 Å². The molecule has 0 spiro atoms. The predicted octanol–water partition coefficient (Wildman–Crippen LogP) is 3.46. The fourth-order valence-corrected chi connectivity index (χ4v) is 2.83. The highest BCUT2D eigenvalue weighted by atomic mass is 16.5. The maximum atomic E-state index is 12.2. The maximum Gasteiger partial charge on any atom is 0.250 e. The van der Waals surface area contributed by atoms with Crippen LogP contribution in [0.1, 0.15) is 15.9 Å². The Balaban J connectivity index is 1.50. The topological polar surface area (TPSA) is 93.5 Å². The molecule has 0 fully saturated rings. The maximum absolute atomic E-state index is 12.2. The number of carbonyl (C=O) groups excluding carboxylic acids is 2. The molecule has 0 aromatic heterocycles. The normalized spacial score (nSPS) is 10.2. The first kappa shape index (κ1) is 19.9. The Morgan fingerprint density at radius 3 is 2.45 bits per heavy atom. The van der Waals surface area contributed by atoms with Crippen LogP contribution in [0.25, 0.3) is 0 Å². The molecular formula is C23H23N3O3. The van der Waals surface area contributed by atoms with Gasteiger partial charge in [0.2, 0.25) is 5.91 Å². The van der Waals surface area contributed by atoms with E-state index in [1.165, 1.54) is 5.56 Å². The predicted molar refractivity (Wildman–Crippen MR) is 114 cm³/mol. The molecule has 0 saturated carbocycles. The first-order valence-electron chi connectivity index (χ1n) is 9.31. The minimum atomic E-state index is -0.547. The van der Waals surface area contributed by atoms with E-state index in [-0.39, 0.29) is 12.5 Å². The lowest BCUT2D eigenvalue weighted by Gasteiger charge is -2.11. The Labute approximate surface area is 169 Å². The van der Waals surface area contributed by atoms with Crippen molar-refractivity contribution in [3.05, 3.63) is 90.0 Å². The second kappa shape index (κ2) is 9.94. The van der Waals surface area contributed by atoms with Crippen molar-refractivity contribution in [3.63, 3.8) is 0 Å². The lowest BCUT2D eigenvalue weighted by atomic mass is 10.1. The van der Waals surface area contributed by atoms with Crippen LogP contribution in [0.5, 0.6) is 5.75 Å². The summed E-state index contributed by atoms with van der Waals surface area (Å²) in [7, 11) is 0. The third-order valence-electron chi connectivity index (χ3n) is 4.25. The van der Waals surface area contributed by atoms with Crippen molar-refractivity contribution in [2.45, 2.75) is 6.42 Å². The van der Waals surface area contributed by atoms with Crippen molar-refractivity contribution in [2.75, 3.05) is 23.8 Å². The highest BCUT2D eigenvalue weighted by Crippen LogP contribution is 2.18. The van der Waals surface area contributed by atoms with Crippen molar-refractivity contribution in [1.82, 2.24) is 0 Å². The van der Waals surface area contributed by atoms with Crippen molar-refractivity contribution in [1.29, 1.82) is 0 Å². The molecule has 4 N–H and O–H groups in total. The van der Waals surface area contributed by atoms with E-state index < -0.39 is 5.91 Å². The quantitative estimate of drug-likeness (QED) is 0.522. The minimum absolute atomic E-state index is 0.00336. The van der Waals surface area contributed by atoms with Crippen LogP contribution in [-0.2, 0) is 11.2 Å². The lowest BCUT2D eigenvalue weighted by molar-refractivity contribution is -0.114. The van der Waals surface area contributed by atoms with E-state index >= 15 is 0 Å². The zero-order valence-electron chi connectivity index (χ0n) is 15.9. The molecule has 0 radical (unpaired) electrons. The molecule has 29 heavy (non-hydrogen) atoms. The second-order valence-electron chi connectivity index (χ2n) is 6.42. The van der Waals surface area contributed by atoms with Crippen LogP contribution in [0.2, 0.25) is 0 Å². The summed E-state index contributed by atoms with van der Waals surface area (Å²) < 4.78 is 5.79. The van der Waals surface area contributed by atoms with Crippen LogP contribution in [0.4, 0.5) is 11.4 Å². The SMILES string of the molecule is NC(=O)c1ccccc1NCC(=O)Nc1cccc(OCCc2ccccc2)c1. The van der Waals surface area contributed by atoms with Crippen LogP contribution in [0.3, 0.4) is 0 Å². The summed E-state index contributed by atoms with van der Waals surface area (Å²) in [5, 5.41) is 5.75. The van der Waals surface area contributed by atoms with Gasteiger partial charge in [-0.15, -0.1) is 0 Å². The van der Waals surface area contributed by atoms with Crippen LogP contribution in [-0.4, -0.2) is 25.0 Å². The average Bonchev–Trinajstić information content (AvgIpc) is 2.73. The summed E-state index contributed by atoms with van der Waals surface area (Å²) in [6, 6.07) is 24.1. The number of nitrogens with one attached hydrogen (secondary N) is 2. The third-order valence-corrected chi connectivity index (χ3v) is 4.25. The van der Waals surface area contributed by atoms with Crippen molar-refractivity contribution in [2.24, 2.45) is 5.73 Å². The van der Waals surface area contributed by atoms with Gasteiger partial charge in [-0.3, -0.25) is 9.59 Å².